The summed E-state index contributed by atoms with van der Waals surface area (Å²) in [4.78, 5) is 4.46. The maximum atomic E-state index is 9.99. The first-order valence-electron chi connectivity index (χ1n) is 5.89. The second kappa shape index (κ2) is 4.10. The molecule has 92 valence electrons. The number of para-hydroxylation sites is 1. The van der Waals surface area contributed by atoms with Gasteiger partial charge in [-0.15, -0.1) is 11.3 Å². The molecule has 0 atom stereocenters. The van der Waals surface area contributed by atoms with Gasteiger partial charge >= 0.3 is 0 Å². The molecule has 2 aromatic heterocycles. The van der Waals surface area contributed by atoms with E-state index in [1.54, 1.807) is 11.3 Å². The number of nitrogens with one attached hydrogen (secondary N) is 1. The molecule has 0 aliphatic carbocycles. The third-order valence-corrected chi connectivity index (χ3v) is 4.10. The molecular formula is C13H13N3OS. The fraction of sp³-hybridized carbons (Fsp3) is 0.231. The SMILES string of the molecule is CCCc1nc2c(=N)n(O)c3ccccc3c2s1. The van der Waals surface area contributed by atoms with E-state index in [0.717, 1.165) is 32.7 Å². The highest BCUT2D eigenvalue weighted by Gasteiger charge is 2.12. The molecule has 0 bridgehead atoms. The third-order valence-electron chi connectivity index (χ3n) is 2.95. The molecule has 0 amide bonds. The Morgan fingerprint density at radius 2 is 2.17 bits per heavy atom. The normalized spacial score (nSPS) is 11.4. The van der Waals surface area contributed by atoms with E-state index in [-0.39, 0.29) is 5.49 Å². The van der Waals surface area contributed by atoms with E-state index in [4.69, 9.17) is 5.41 Å². The number of benzene rings is 1. The molecule has 4 nitrogen and oxygen atoms in total. The van der Waals surface area contributed by atoms with Crippen LogP contribution in [-0.2, 0) is 6.42 Å². The lowest BCUT2D eigenvalue weighted by molar-refractivity contribution is 0.186. The Bertz CT molecular complexity index is 788. The van der Waals surface area contributed by atoms with Crippen LogP contribution in [0.2, 0.25) is 0 Å². The van der Waals surface area contributed by atoms with Gasteiger partial charge in [0.05, 0.1) is 15.2 Å². The van der Waals surface area contributed by atoms with Crippen molar-refractivity contribution in [3.05, 3.63) is 34.8 Å². The summed E-state index contributed by atoms with van der Waals surface area (Å²) in [5, 5.41) is 19.9. The molecule has 1 aromatic carbocycles. The maximum absolute atomic E-state index is 9.99. The molecule has 0 aliphatic heterocycles. The summed E-state index contributed by atoms with van der Waals surface area (Å²) in [6.07, 6.45) is 1.95. The minimum absolute atomic E-state index is 0.0577. The number of hydrogen-bond acceptors (Lipinski definition) is 4. The van der Waals surface area contributed by atoms with Gasteiger partial charge in [-0.2, -0.15) is 4.73 Å². The van der Waals surface area contributed by atoms with Crippen molar-refractivity contribution in [2.45, 2.75) is 19.8 Å². The van der Waals surface area contributed by atoms with Gasteiger partial charge in [0, 0.05) is 5.39 Å². The van der Waals surface area contributed by atoms with E-state index in [9.17, 15) is 5.21 Å². The average Bonchev–Trinajstić information content (AvgIpc) is 2.81. The van der Waals surface area contributed by atoms with E-state index in [2.05, 4.69) is 11.9 Å². The van der Waals surface area contributed by atoms with E-state index in [1.165, 1.54) is 0 Å². The highest BCUT2D eigenvalue weighted by molar-refractivity contribution is 7.19. The van der Waals surface area contributed by atoms with Gasteiger partial charge in [0.2, 0.25) is 0 Å². The zero-order valence-corrected chi connectivity index (χ0v) is 10.8. The summed E-state index contributed by atoms with van der Waals surface area (Å²) < 4.78 is 1.90. The quantitative estimate of drug-likeness (QED) is 0.695. The Morgan fingerprint density at radius 3 is 2.94 bits per heavy atom. The number of pyridine rings is 1. The van der Waals surface area contributed by atoms with Crippen LogP contribution in [0.5, 0.6) is 0 Å². The minimum Gasteiger partial charge on any atom is -0.426 e. The molecule has 3 aromatic rings. The Balaban J connectivity index is 2.49. The van der Waals surface area contributed by atoms with Gasteiger partial charge in [0.15, 0.2) is 5.49 Å². The number of thiazole rings is 1. The topological polar surface area (TPSA) is 61.9 Å². The number of aryl methyl sites for hydroxylation is 1. The fourth-order valence-electron chi connectivity index (χ4n) is 2.10. The predicted molar refractivity (Wildman–Crippen MR) is 72.2 cm³/mol. The summed E-state index contributed by atoms with van der Waals surface area (Å²) in [6.45, 7) is 2.11. The van der Waals surface area contributed by atoms with Crippen molar-refractivity contribution < 1.29 is 5.21 Å². The van der Waals surface area contributed by atoms with Gasteiger partial charge in [-0.1, -0.05) is 25.1 Å². The Labute approximate surface area is 108 Å². The van der Waals surface area contributed by atoms with Gasteiger partial charge in [-0.25, -0.2) is 4.98 Å². The first kappa shape index (κ1) is 11.2. The lowest BCUT2D eigenvalue weighted by Gasteiger charge is -2.04. The summed E-state index contributed by atoms with van der Waals surface area (Å²) in [7, 11) is 0. The average molecular weight is 259 g/mol. The molecule has 0 aliphatic rings. The number of aromatic nitrogens is 2. The van der Waals surface area contributed by atoms with E-state index < -0.39 is 0 Å². The molecule has 0 fully saturated rings. The van der Waals surface area contributed by atoms with Gasteiger partial charge in [-0.05, 0) is 18.9 Å². The van der Waals surface area contributed by atoms with Gasteiger partial charge < -0.3 is 5.21 Å². The molecular weight excluding hydrogens is 246 g/mol. The second-order valence-electron chi connectivity index (χ2n) is 4.21. The maximum Gasteiger partial charge on any atom is 0.188 e. The van der Waals surface area contributed by atoms with Crippen LogP contribution < -0.4 is 5.49 Å². The van der Waals surface area contributed by atoms with Crippen molar-refractivity contribution in [3.8, 4) is 0 Å². The zero-order valence-electron chi connectivity index (χ0n) is 9.97. The Morgan fingerprint density at radius 1 is 1.39 bits per heavy atom. The molecule has 0 radical (unpaired) electrons. The van der Waals surface area contributed by atoms with Crippen molar-refractivity contribution in [1.82, 2.24) is 9.71 Å². The number of hydrogen-bond donors (Lipinski definition) is 2. The van der Waals surface area contributed by atoms with Crippen LogP contribution in [0, 0.1) is 5.41 Å². The smallest absolute Gasteiger partial charge is 0.188 e. The molecule has 18 heavy (non-hydrogen) atoms. The number of nitrogens with zero attached hydrogens (tertiary/aromatic N) is 2. The van der Waals surface area contributed by atoms with Crippen LogP contribution in [0.4, 0.5) is 0 Å². The Kier molecular flexibility index (Phi) is 2.56. The molecule has 5 heteroatoms. The summed E-state index contributed by atoms with van der Waals surface area (Å²) in [5.41, 5.74) is 1.30. The second-order valence-corrected chi connectivity index (χ2v) is 5.30. The minimum atomic E-state index is 0.0577. The molecule has 0 spiro atoms. The molecule has 2 N–H and O–H groups in total. The monoisotopic (exact) mass is 259 g/mol. The van der Waals surface area contributed by atoms with Crippen LogP contribution >= 0.6 is 11.3 Å². The largest absolute Gasteiger partial charge is 0.426 e. The van der Waals surface area contributed by atoms with Crippen LogP contribution in [0.25, 0.3) is 21.1 Å². The number of fused-ring (bicyclic) bond motifs is 3. The highest BCUT2D eigenvalue weighted by Crippen LogP contribution is 2.28. The van der Waals surface area contributed by atoms with Crippen LogP contribution in [-0.4, -0.2) is 14.9 Å². The van der Waals surface area contributed by atoms with Crippen molar-refractivity contribution in [3.63, 3.8) is 0 Å². The lowest BCUT2D eigenvalue weighted by Crippen LogP contribution is -2.18. The van der Waals surface area contributed by atoms with E-state index >= 15 is 0 Å². The molecule has 2 heterocycles. The van der Waals surface area contributed by atoms with Gasteiger partial charge in [0.25, 0.3) is 0 Å². The molecule has 0 saturated carbocycles. The summed E-state index contributed by atoms with van der Waals surface area (Å²) in [6, 6.07) is 7.56. The molecule has 0 saturated heterocycles. The van der Waals surface area contributed by atoms with Crippen LogP contribution in [0.15, 0.2) is 24.3 Å². The van der Waals surface area contributed by atoms with Crippen molar-refractivity contribution in [2.24, 2.45) is 0 Å². The van der Waals surface area contributed by atoms with E-state index in [0.29, 0.717) is 11.0 Å². The van der Waals surface area contributed by atoms with Crippen LogP contribution in [0.1, 0.15) is 18.4 Å². The van der Waals surface area contributed by atoms with Crippen molar-refractivity contribution in [1.29, 1.82) is 5.41 Å². The number of rotatable bonds is 2. The van der Waals surface area contributed by atoms with Crippen molar-refractivity contribution in [2.75, 3.05) is 0 Å². The van der Waals surface area contributed by atoms with Crippen LogP contribution in [0.3, 0.4) is 0 Å². The van der Waals surface area contributed by atoms with Crippen molar-refractivity contribution >= 4 is 32.5 Å². The van der Waals surface area contributed by atoms with Gasteiger partial charge in [-0.3, -0.25) is 5.41 Å². The molecule has 3 rings (SSSR count). The van der Waals surface area contributed by atoms with E-state index in [1.807, 2.05) is 24.3 Å². The summed E-state index contributed by atoms with van der Waals surface area (Å²) >= 11 is 1.62. The first-order chi connectivity index (χ1) is 8.72. The first-order valence-corrected chi connectivity index (χ1v) is 6.71. The molecule has 0 unspecified atom stereocenters. The highest BCUT2D eigenvalue weighted by atomic mass is 32.1. The third kappa shape index (κ3) is 1.51. The fourth-order valence-corrected chi connectivity index (χ4v) is 3.30. The zero-order chi connectivity index (χ0) is 12.7. The lowest BCUT2D eigenvalue weighted by atomic mass is 10.2. The standard InChI is InChI=1S/C13H13N3OS/c1-2-5-10-15-11-12(18-10)8-6-3-4-7-9(8)16(17)13(11)14/h3-4,6-7,14,17H,2,5H2,1H3. The van der Waals surface area contributed by atoms with Gasteiger partial charge in [0.1, 0.15) is 5.52 Å². The summed E-state index contributed by atoms with van der Waals surface area (Å²) in [5.74, 6) is 0. The predicted octanol–water partition coefficient (Wildman–Crippen LogP) is 2.92. The Hall–Kier alpha value is -1.88.